The number of hydrogen-bond donors (Lipinski definition) is 0. The van der Waals surface area contributed by atoms with Gasteiger partial charge in [0.1, 0.15) is 0 Å². The molecule has 0 bridgehead atoms. The molecule has 2 nitrogen and oxygen atoms in total. The Bertz CT molecular complexity index is 368. The van der Waals surface area contributed by atoms with Crippen molar-refractivity contribution in [1.82, 2.24) is 4.90 Å². The van der Waals surface area contributed by atoms with Gasteiger partial charge in [-0.05, 0) is 17.2 Å². The summed E-state index contributed by atoms with van der Waals surface area (Å²) in [6, 6.07) is 8.07. The van der Waals surface area contributed by atoms with Crippen LogP contribution in [0.1, 0.15) is 11.1 Å². The van der Waals surface area contributed by atoms with Gasteiger partial charge in [0.2, 0.25) is 0 Å². The van der Waals surface area contributed by atoms with E-state index < -0.39 is 0 Å². The predicted octanol–water partition coefficient (Wildman–Crippen LogP) is 2.18. The minimum absolute atomic E-state index is 0.477. The molecule has 0 aromatic heterocycles. The summed E-state index contributed by atoms with van der Waals surface area (Å²) in [5.74, 6) is 0. The summed E-state index contributed by atoms with van der Waals surface area (Å²) in [4.78, 5) is 2.08. The number of nitriles is 1. The Morgan fingerprint density at radius 3 is 3.00 bits per heavy atom. The van der Waals surface area contributed by atoms with Gasteiger partial charge in [0.25, 0.3) is 0 Å². The molecule has 3 heteroatoms. The Hall–Kier alpha value is -1.04. The third-order valence-corrected chi connectivity index (χ3v) is 2.64. The first kappa shape index (κ1) is 8.55. The van der Waals surface area contributed by atoms with Crippen LogP contribution in [0.2, 0.25) is 5.02 Å². The Labute approximate surface area is 82.3 Å². The second kappa shape index (κ2) is 3.37. The molecule has 0 radical (unpaired) electrons. The van der Waals surface area contributed by atoms with Gasteiger partial charge in [0.05, 0.1) is 12.6 Å². The van der Waals surface area contributed by atoms with Crippen LogP contribution in [-0.4, -0.2) is 11.4 Å². The van der Waals surface area contributed by atoms with Crippen molar-refractivity contribution < 1.29 is 0 Å². The van der Waals surface area contributed by atoms with Crippen molar-refractivity contribution in [3.63, 3.8) is 0 Å². The van der Waals surface area contributed by atoms with Crippen molar-refractivity contribution in [1.29, 1.82) is 5.26 Å². The average Bonchev–Trinajstić information content (AvgIpc) is 2.49. The number of rotatable bonds is 1. The van der Waals surface area contributed by atoms with E-state index in [1.54, 1.807) is 0 Å². The fourth-order valence-electron chi connectivity index (χ4n) is 1.66. The third-order valence-electron chi connectivity index (χ3n) is 2.29. The van der Waals surface area contributed by atoms with E-state index in [9.17, 15) is 0 Å². The van der Waals surface area contributed by atoms with Crippen LogP contribution in [-0.2, 0) is 13.1 Å². The summed E-state index contributed by atoms with van der Waals surface area (Å²) in [5, 5.41) is 9.37. The van der Waals surface area contributed by atoms with Crippen LogP contribution in [0.3, 0.4) is 0 Å². The Morgan fingerprint density at radius 2 is 2.31 bits per heavy atom. The van der Waals surface area contributed by atoms with E-state index in [0.717, 1.165) is 18.1 Å². The summed E-state index contributed by atoms with van der Waals surface area (Å²) < 4.78 is 0. The zero-order valence-electron chi connectivity index (χ0n) is 7.13. The Balaban J connectivity index is 2.26. The lowest BCUT2D eigenvalue weighted by atomic mass is 10.1. The van der Waals surface area contributed by atoms with Gasteiger partial charge in [-0.1, -0.05) is 23.7 Å². The fourth-order valence-corrected chi connectivity index (χ4v) is 1.91. The molecular formula is C10H9ClN2. The van der Waals surface area contributed by atoms with Crippen LogP contribution in [0.15, 0.2) is 18.2 Å². The van der Waals surface area contributed by atoms with Crippen molar-refractivity contribution in [3.8, 4) is 6.07 Å². The smallest absolute Gasteiger partial charge is 0.0871 e. The maximum atomic E-state index is 8.55. The molecule has 66 valence electrons. The van der Waals surface area contributed by atoms with E-state index in [1.807, 2.05) is 12.1 Å². The zero-order chi connectivity index (χ0) is 9.26. The average molecular weight is 193 g/mol. The predicted molar refractivity (Wildman–Crippen MR) is 51.2 cm³/mol. The van der Waals surface area contributed by atoms with Gasteiger partial charge in [-0.25, -0.2) is 0 Å². The summed E-state index contributed by atoms with van der Waals surface area (Å²) in [7, 11) is 0. The standard InChI is InChI=1S/C10H9ClN2/c11-10-3-1-2-8-6-13(5-4-12)7-9(8)10/h1-3H,5-7H2. The minimum atomic E-state index is 0.477. The first-order valence-electron chi connectivity index (χ1n) is 4.17. The highest BCUT2D eigenvalue weighted by Gasteiger charge is 2.19. The summed E-state index contributed by atoms with van der Waals surface area (Å²) in [6.07, 6.45) is 0. The molecule has 0 saturated heterocycles. The van der Waals surface area contributed by atoms with E-state index in [2.05, 4.69) is 17.0 Å². The molecule has 0 unspecified atom stereocenters. The second-order valence-electron chi connectivity index (χ2n) is 3.18. The number of benzene rings is 1. The molecule has 1 aliphatic heterocycles. The van der Waals surface area contributed by atoms with Gasteiger partial charge >= 0.3 is 0 Å². The number of fused-ring (bicyclic) bond motifs is 1. The molecule has 0 saturated carbocycles. The molecule has 0 N–H and O–H groups in total. The van der Waals surface area contributed by atoms with Crippen LogP contribution in [0, 0.1) is 11.3 Å². The van der Waals surface area contributed by atoms with Crippen LogP contribution in [0.4, 0.5) is 0 Å². The molecule has 0 atom stereocenters. The SMILES string of the molecule is N#CCN1Cc2cccc(Cl)c2C1. The summed E-state index contributed by atoms with van der Waals surface area (Å²) in [5.41, 5.74) is 2.43. The summed E-state index contributed by atoms with van der Waals surface area (Å²) >= 11 is 6.03. The van der Waals surface area contributed by atoms with Crippen LogP contribution >= 0.6 is 11.6 Å². The van der Waals surface area contributed by atoms with Crippen molar-refractivity contribution >= 4 is 11.6 Å². The first-order chi connectivity index (χ1) is 6.31. The van der Waals surface area contributed by atoms with Gasteiger partial charge in [-0.3, -0.25) is 4.90 Å². The minimum Gasteiger partial charge on any atom is -0.282 e. The molecule has 1 aromatic rings. The van der Waals surface area contributed by atoms with E-state index in [4.69, 9.17) is 16.9 Å². The number of hydrogen-bond acceptors (Lipinski definition) is 2. The molecule has 0 spiro atoms. The van der Waals surface area contributed by atoms with Crippen LogP contribution in [0.25, 0.3) is 0 Å². The molecule has 1 aliphatic rings. The Kier molecular flexibility index (Phi) is 2.22. The third kappa shape index (κ3) is 1.53. The topological polar surface area (TPSA) is 27.0 Å². The van der Waals surface area contributed by atoms with E-state index in [1.165, 1.54) is 11.1 Å². The lowest BCUT2D eigenvalue weighted by Crippen LogP contribution is -2.15. The first-order valence-corrected chi connectivity index (χ1v) is 4.54. The molecule has 13 heavy (non-hydrogen) atoms. The van der Waals surface area contributed by atoms with E-state index in [0.29, 0.717) is 6.54 Å². The van der Waals surface area contributed by atoms with Gasteiger partial charge in [0.15, 0.2) is 0 Å². The molecule has 1 heterocycles. The lowest BCUT2D eigenvalue weighted by molar-refractivity contribution is 0.320. The van der Waals surface area contributed by atoms with E-state index in [-0.39, 0.29) is 0 Å². The van der Waals surface area contributed by atoms with Gasteiger partial charge in [0, 0.05) is 18.1 Å². The summed E-state index contributed by atoms with van der Waals surface area (Å²) in [6.45, 7) is 2.14. The maximum Gasteiger partial charge on any atom is 0.0871 e. The zero-order valence-corrected chi connectivity index (χ0v) is 7.88. The van der Waals surface area contributed by atoms with Crippen molar-refractivity contribution in [2.75, 3.05) is 6.54 Å². The number of nitrogens with zero attached hydrogens (tertiary/aromatic N) is 2. The Morgan fingerprint density at radius 1 is 1.46 bits per heavy atom. The number of halogens is 1. The van der Waals surface area contributed by atoms with Crippen molar-refractivity contribution in [2.45, 2.75) is 13.1 Å². The lowest BCUT2D eigenvalue weighted by Gasteiger charge is -2.07. The van der Waals surface area contributed by atoms with Gasteiger partial charge < -0.3 is 0 Å². The van der Waals surface area contributed by atoms with Gasteiger partial charge in [-0.15, -0.1) is 0 Å². The molecule has 1 aromatic carbocycles. The van der Waals surface area contributed by atoms with Crippen LogP contribution in [0.5, 0.6) is 0 Å². The molecule has 0 amide bonds. The van der Waals surface area contributed by atoms with Gasteiger partial charge in [-0.2, -0.15) is 5.26 Å². The quantitative estimate of drug-likeness (QED) is 0.638. The fraction of sp³-hybridized carbons (Fsp3) is 0.300. The molecule has 0 fully saturated rings. The van der Waals surface area contributed by atoms with E-state index >= 15 is 0 Å². The highest BCUT2D eigenvalue weighted by molar-refractivity contribution is 6.31. The van der Waals surface area contributed by atoms with Crippen LogP contribution < -0.4 is 0 Å². The highest BCUT2D eigenvalue weighted by atomic mass is 35.5. The maximum absolute atomic E-state index is 8.55. The highest BCUT2D eigenvalue weighted by Crippen LogP contribution is 2.28. The molecule has 2 rings (SSSR count). The monoisotopic (exact) mass is 192 g/mol. The van der Waals surface area contributed by atoms with Crippen molar-refractivity contribution in [3.05, 3.63) is 34.3 Å². The van der Waals surface area contributed by atoms with Crippen molar-refractivity contribution in [2.24, 2.45) is 0 Å². The molecule has 0 aliphatic carbocycles. The second-order valence-corrected chi connectivity index (χ2v) is 3.59. The largest absolute Gasteiger partial charge is 0.282 e. The normalized spacial score (nSPS) is 15.4. The molecular weight excluding hydrogens is 184 g/mol.